The molecule has 1 aromatic heterocycles. The number of halogens is 1. The Balaban J connectivity index is 1.62. The highest BCUT2D eigenvalue weighted by molar-refractivity contribution is 5.95. The quantitative estimate of drug-likeness (QED) is 0.748. The Bertz CT molecular complexity index is 787. The summed E-state index contributed by atoms with van der Waals surface area (Å²) in [4.78, 5) is 27.6. The molecule has 1 aromatic carbocycles. The number of anilines is 1. The molecule has 1 fully saturated rings. The molecule has 0 aliphatic carbocycles. The van der Waals surface area contributed by atoms with Crippen LogP contribution in [0.4, 0.5) is 10.4 Å². The average molecular weight is 362 g/mol. The average Bonchev–Trinajstić information content (AvgIpc) is 3.18. The number of hydrogen-bond donors (Lipinski definition) is 0. The maximum Gasteiger partial charge on any atom is 0.396 e. The number of hydrogen-bond acceptors (Lipinski definition) is 7. The second-order valence-corrected chi connectivity index (χ2v) is 5.68. The van der Waals surface area contributed by atoms with Gasteiger partial charge in [0.1, 0.15) is 6.67 Å². The number of nitrogens with zero attached hydrogens (tertiary/aromatic N) is 4. The molecule has 1 amide bonds. The molecule has 1 aliphatic heterocycles. The Kier molecular flexibility index (Phi) is 5.45. The van der Waals surface area contributed by atoms with Gasteiger partial charge in [0.15, 0.2) is 0 Å². The fraction of sp³-hybridized carbons (Fsp3) is 0.412. The van der Waals surface area contributed by atoms with E-state index < -0.39 is 12.6 Å². The van der Waals surface area contributed by atoms with Crippen molar-refractivity contribution in [3.63, 3.8) is 0 Å². The number of benzene rings is 1. The van der Waals surface area contributed by atoms with Crippen molar-refractivity contribution in [3.05, 3.63) is 41.3 Å². The molecule has 0 N–H and O–H groups in total. The van der Waals surface area contributed by atoms with Crippen LogP contribution in [0.15, 0.2) is 28.7 Å². The summed E-state index contributed by atoms with van der Waals surface area (Å²) in [6, 6.07) is 6.88. The number of ether oxygens (including phenoxy) is 1. The highest BCUT2D eigenvalue weighted by atomic mass is 19.1. The van der Waals surface area contributed by atoms with E-state index in [0.29, 0.717) is 37.3 Å². The lowest BCUT2D eigenvalue weighted by Crippen LogP contribution is -2.49. The van der Waals surface area contributed by atoms with Crippen LogP contribution in [0, 0.1) is 0 Å². The molecule has 0 unspecified atom stereocenters. The zero-order valence-corrected chi connectivity index (χ0v) is 14.4. The number of amides is 1. The number of esters is 1. The van der Waals surface area contributed by atoms with Gasteiger partial charge in [0.25, 0.3) is 5.91 Å². The lowest BCUT2D eigenvalue weighted by molar-refractivity contribution is 0.0481. The predicted octanol–water partition coefficient (Wildman–Crippen LogP) is 1.68. The summed E-state index contributed by atoms with van der Waals surface area (Å²) in [5.74, 6) is -1.06. The molecule has 0 radical (unpaired) electrons. The highest BCUT2D eigenvalue weighted by Gasteiger charge is 2.27. The number of alkyl halides is 1. The molecule has 0 bridgehead atoms. The van der Waals surface area contributed by atoms with E-state index in [1.165, 1.54) is 0 Å². The zero-order chi connectivity index (χ0) is 18.5. The predicted molar refractivity (Wildman–Crippen MR) is 89.6 cm³/mol. The minimum Gasteiger partial charge on any atom is -0.459 e. The van der Waals surface area contributed by atoms with Gasteiger partial charge in [-0.2, -0.15) is 0 Å². The van der Waals surface area contributed by atoms with Crippen LogP contribution in [0.25, 0.3) is 0 Å². The molecule has 9 heteroatoms. The van der Waals surface area contributed by atoms with Gasteiger partial charge in [-0.15, -0.1) is 0 Å². The van der Waals surface area contributed by atoms with Crippen LogP contribution in [0.5, 0.6) is 0 Å². The van der Waals surface area contributed by atoms with Crippen molar-refractivity contribution < 1.29 is 23.1 Å². The monoisotopic (exact) mass is 362 g/mol. The van der Waals surface area contributed by atoms with E-state index in [1.807, 2.05) is 0 Å². The van der Waals surface area contributed by atoms with Gasteiger partial charge in [-0.1, -0.05) is 28.4 Å². The first-order chi connectivity index (χ1) is 12.6. The van der Waals surface area contributed by atoms with E-state index in [0.717, 1.165) is 0 Å². The number of carbonyl (C=O) groups excluding carboxylic acids is 2. The standard InChI is InChI=1S/C17H19FN4O4/c1-2-25-16(24)14-19-20-17(26-14)22-9-7-21(8-10-22)15(23)13-6-4-3-5-12(13)11-18/h3-6H,2,7-11H2,1H3. The molecule has 0 atom stereocenters. The van der Waals surface area contributed by atoms with E-state index in [4.69, 9.17) is 9.15 Å². The third-order valence-electron chi connectivity index (χ3n) is 4.09. The third-order valence-corrected chi connectivity index (χ3v) is 4.09. The second kappa shape index (κ2) is 7.94. The van der Waals surface area contributed by atoms with Gasteiger partial charge in [-0.05, 0) is 18.6 Å². The molecule has 1 saturated heterocycles. The van der Waals surface area contributed by atoms with Crippen LogP contribution in [0.1, 0.15) is 33.5 Å². The first-order valence-electron chi connectivity index (χ1n) is 8.32. The van der Waals surface area contributed by atoms with Crippen LogP contribution in [-0.2, 0) is 11.4 Å². The van der Waals surface area contributed by atoms with E-state index in [1.54, 1.807) is 41.0 Å². The smallest absolute Gasteiger partial charge is 0.396 e. The summed E-state index contributed by atoms with van der Waals surface area (Å²) in [6.07, 6.45) is 0. The van der Waals surface area contributed by atoms with Crippen LogP contribution in [0.2, 0.25) is 0 Å². The Morgan fingerprint density at radius 1 is 1.19 bits per heavy atom. The van der Waals surface area contributed by atoms with Crippen molar-refractivity contribution in [2.75, 3.05) is 37.7 Å². The maximum atomic E-state index is 13.1. The van der Waals surface area contributed by atoms with Crippen molar-refractivity contribution in [1.29, 1.82) is 0 Å². The van der Waals surface area contributed by atoms with E-state index in [-0.39, 0.29) is 24.4 Å². The molecular formula is C17H19FN4O4. The number of carbonyl (C=O) groups is 2. The minimum atomic E-state index is -0.680. The summed E-state index contributed by atoms with van der Waals surface area (Å²) < 4.78 is 23.2. The molecule has 138 valence electrons. The molecule has 8 nitrogen and oxygen atoms in total. The Labute approximate surface area is 149 Å². The van der Waals surface area contributed by atoms with Gasteiger partial charge in [0.2, 0.25) is 0 Å². The van der Waals surface area contributed by atoms with Crippen LogP contribution in [0.3, 0.4) is 0 Å². The first kappa shape index (κ1) is 17.8. The molecule has 0 saturated carbocycles. The molecule has 26 heavy (non-hydrogen) atoms. The van der Waals surface area contributed by atoms with Gasteiger partial charge >= 0.3 is 17.9 Å². The summed E-state index contributed by atoms with van der Waals surface area (Å²) in [7, 11) is 0. The second-order valence-electron chi connectivity index (χ2n) is 5.68. The molecule has 2 heterocycles. The Hall–Kier alpha value is -2.97. The Morgan fingerprint density at radius 2 is 1.92 bits per heavy atom. The topological polar surface area (TPSA) is 88.8 Å². The van der Waals surface area contributed by atoms with E-state index >= 15 is 0 Å². The number of aromatic nitrogens is 2. The van der Waals surface area contributed by atoms with E-state index in [2.05, 4.69) is 10.2 Å². The maximum absolute atomic E-state index is 13.1. The fourth-order valence-corrected chi connectivity index (χ4v) is 2.74. The van der Waals surface area contributed by atoms with Crippen molar-refractivity contribution in [3.8, 4) is 0 Å². The van der Waals surface area contributed by atoms with Gasteiger partial charge in [-0.3, -0.25) is 4.79 Å². The van der Waals surface area contributed by atoms with Crippen molar-refractivity contribution in [1.82, 2.24) is 15.1 Å². The van der Waals surface area contributed by atoms with Gasteiger partial charge in [0.05, 0.1) is 6.61 Å². The molecular weight excluding hydrogens is 343 g/mol. The first-order valence-corrected chi connectivity index (χ1v) is 8.32. The Morgan fingerprint density at radius 3 is 2.62 bits per heavy atom. The molecule has 0 spiro atoms. The molecule has 2 aromatic rings. The number of piperazine rings is 1. The summed E-state index contributed by atoms with van der Waals surface area (Å²) in [5.41, 5.74) is 0.766. The zero-order valence-electron chi connectivity index (χ0n) is 14.4. The molecule has 3 rings (SSSR count). The number of rotatable bonds is 5. The summed E-state index contributed by atoms with van der Waals surface area (Å²) in [6.45, 7) is 3.01. The summed E-state index contributed by atoms with van der Waals surface area (Å²) >= 11 is 0. The SMILES string of the molecule is CCOC(=O)c1nnc(N2CCN(C(=O)c3ccccc3CF)CC2)o1. The van der Waals surface area contributed by atoms with Gasteiger partial charge in [-0.25, -0.2) is 9.18 Å². The largest absolute Gasteiger partial charge is 0.459 e. The lowest BCUT2D eigenvalue weighted by atomic mass is 10.1. The normalized spacial score (nSPS) is 14.4. The highest BCUT2D eigenvalue weighted by Crippen LogP contribution is 2.18. The summed E-state index contributed by atoms with van der Waals surface area (Å²) in [5, 5.41) is 7.53. The van der Waals surface area contributed by atoms with Crippen molar-refractivity contribution in [2.45, 2.75) is 13.6 Å². The van der Waals surface area contributed by atoms with E-state index in [9.17, 15) is 14.0 Å². The minimum absolute atomic E-state index is 0.197. The van der Waals surface area contributed by atoms with Crippen LogP contribution in [-0.4, -0.2) is 59.8 Å². The fourth-order valence-electron chi connectivity index (χ4n) is 2.74. The van der Waals surface area contributed by atoms with Gasteiger partial charge in [0, 0.05) is 31.7 Å². The lowest BCUT2D eigenvalue weighted by Gasteiger charge is -2.33. The van der Waals surface area contributed by atoms with Crippen LogP contribution < -0.4 is 4.90 Å². The van der Waals surface area contributed by atoms with Crippen molar-refractivity contribution in [2.24, 2.45) is 0 Å². The molecule has 1 aliphatic rings. The van der Waals surface area contributed by atoms with Crippen LogP contribution >= 0.6 is 0 Å². The third kappa shape index (κ3) is 3.66. The van der Waals surface area contributed by atoms with Gasteiger partial charge < -0.3 is 19.0 Å². The van der Waals surface area contributed by atoms with Crippen molar-refractivity contribution >= 4 is 17.9 Å².